The average molecular weight is 485 g/mol. The monoisotopic (exact) mass is 484 g/mol. The molecule has 1 amide bonds. The van der Waals surface area contributed by atoms with E-state index in [2.05, 4.69) is 15.9 Å². The van der Waals surface area contributed by atoms with Gasteiger partial charge in [0.1, 0.15) is 0 Å². The highest BCUT2D eigenvalue weighted by Gasteiger charge is 2.34. The van der Waals surface area contributed by atoms with Crippen molar-refractivity contribution in [2.45, 2.75) is 19.4 Å². The maximum Gasteiger partial charge on any atom is 0.240 e. The molecule has 0 unspecified atom stereocenters. The molecule has 5 rings (SSSR count). The number of amides is 1. The Labute approximate surface area is 195 Å². The molecule has 158 valence electrons. The lowest BCUT2D eigenvalue weighted by Gasteiger charge is -2.20. The van der Waals surface area contributed by atoms with Gasteiger partial charge in [-0.25, -0.2) is 9.69 Å². The Balaban J connectivity index is 1.61. The second-order valence-electron chi connectivity index (χ2n) is 7.72. The summed E-state index contributed by atoms with van der Waals surface area (Å²) in [5, 5.41) is 11.2. The number of rotatable bonds is 4. The van der Waals surface area contributed by atoms with E-state index in [1.165, 1.54) is 0 Å². The Morgan fingerprint density at radius 1 is 0.938 bits per heavy atom. The van der Waals surface area contributed by atoms with Crippen LogP contribution in [0.3, 0.4) is 0 Å². The van der Waals surface area contributed by atoms with Gasteiger partial charge in [-0.3, -0.25) is 4.79 Å². The van der Waals surface area contributed by atoms with Gasteiger partial charge in [0.15, 0.2) is 0 Å². The molecule has 6 heteroatoms. The summed E-state index contributed by atoms with van der Waals surface area (Å²) in [5.74, 6) is -0.0912. The summed E-state index contributed by atoms with van der Waals surface area (Å²) in [4.78, 5) is 12.6. The van der Waals surface area contributed by atoms with E-state index < -0.39 is 0 Å². The van der Waals surface area contributed by atoms with Crippen LogP contribution in [0.2, 0.25) is 0 Å². The van der Waals surface area contributed by atoms with E-state index in [0.717, 1.165) is 38.3 Å². The molecule has 3 aromatic carbocycles. The molecule has 0 saturated carbocycles. The van der Waals surface area contributed by atoms with Crippen LogP contribution < -0.4 is 0 Å². The molecule has 1 aliphatic rings. The van der Waals surface area contributed by atoms with Gasteiger partial charge in [-0.1, -0.05) is 76.6 Å². The maximum atomic E-state index is 12.6. The highest BCUT2D eigenvalue weighted by atomic mass is 79.9. The number of aromatic nitrogens is 2. The summed E-state index contributed by atoms with van der Waals surface area (Å²) in [7, 11) is 0. The van der Waals surface area contributed by atoms with Crippen molar-refractivity contribution < 1.29 is 4.79 Å². The number of benzene rings is 3. The van der Waals surface area contributed by atoms with Crippen molar-refractivity contribution in [3.63, 3.8) is 0 Å². The molecular formula is C26H21BrN4O. The molecule has 0 bridgehead atoms. The zero-order valence-corrected chi connectivity index (χ0v) is 19.1. The number of carbonyl (C=O) groups is 1. The Bertz CT molecular complexity index is 1300. The number of nitrogens with zero attached hydrogens (tertiary/aromatic N) is 4. The van der Waals surface area contributed by atoms with Crippen LogP contribution in [0.15, 0.2) is 101 Å². The SMILES string of the molecule is CC(=O)N1N=C(c2cccc(Br)c2)C[C@@H]1c1cn(-c2ccccc2)nc1-c1ccccc1. The van der Waals surface area contributed by atoms with Crippen LogP contribution in [0, 0.1) is 0 Å². The summed E-state index contributed by atoms with van der Waals surface area (Å²) in [6.45, 7) is 1.56. The molecule has 0 fully saturated rings. The van der Waals surface area contributed by atoms with Gasteiger partial charge in [-0.2, -0.15) is 10.2 Å². The first kappa shape index (κ1) is 20.4. The van der Waals surface area contributed by atoms with Gasteiger partial charge in [0.05, 0.1) is 23.1 Å². The highest BCUT2D eigenvalue weighted by Crippen LogP contribution is 2.38. The highest BCUT2D eigenvalue weighted by molar-refractivity contribution is 9.10. The Morgan fingerprint density at radius 3 is 2.31 bits per heavy atom. The first-order chi connectivity index (χ1) is 15.6. The summed E-state index contributed by atoms with van der Waals surface area (Å²) in [6.07, 6.45) is 2.65. The van der Waals surface area contributed by atoms with Crippen molar-refractivity contribution in [3.8, 4) is 16.9 Å². The standard InChI is InChI=1S/C26H21BrN4O/c1-18(32)31-25(16-24(28-31)20-11-8-12-21(27)15-20)23-17-30(22-13-6-3-7-14-22)29-26(23)19-9-4-2-5-10-19/h2-15,17,25H,16H2,1H3/t25-/m1/s1. The fourth-order valence-electron chi connectivity index (χ4n) is 4.05. The van der Waals surface area contributed by atoms with E-state index in [1.54, 1.807) is 11.9 Å². The molecule has 0 aliphatic carbocycles. The lowest BCUT2D eigenvalue weighted by molar-refractivity contribution is -0.130. The van der Waals surface area contributed by atoms with Crippen LogP contribution in [0.5, 0.6) is 0 Å². The first-order valence-corrected chi connectivity index (χ1v) is 11.2. The molecule has 0 radical (unpaired) electrons. The third kappa shape index (κ3) is 3.89. The fourth-order valence-corrected chi connectivity index (χ4v) is 4.45. The zero-order chi connectivity index (χ0) is 22.1. The van der Waals surface area contributed by atoms with Gasteiger partial charge >= 0.3 is 0 Å². The number of para-hydroxylation sites is 1. The predicted molar refractivity (Wildman–Crippen MR) is 130 cm³/mol. The van der Waals surface area contributed by atoms with E-state index in [1.807, 2.05) is 95.8 Å². The molecule has 0 spiro atoms. The number of hydrazone groups is 1. The summed E-state index contributed by atoms with van der Waals surface area (Å²) < 4.78 is 2.87. The van der Waals surface area contributed by atoms with Crippen molar-refractivity contribution >= 4 is 27.5 Å². The molecule has 1 aliphatic heterocycles. The minimum Gasteiger partial charge on any atom is -0.273 e. The van der Waals surface area contributed by atoms with Crippen molar-refractivity contribution in [3.05, 3.63) is 107 Å². The van der Waals surface area contributed by atoms with E-state index in [0.29, 0.717) is 6.42 Å². The molecule has 2 heterocycles. The van der Waals surface area contributed by atoms with Gasteiger partial charge in [0, 0.05) is 35.1 Å². The lowest BCUT2D eigenvalue weighted by atomic mass is 9.96. The normalized spacial score (nSPS) is 15.6. The zero-order valence-electron chi connectivity index (χ0n) is 17.5. The Hall–Kier alpha value is -3.51. The van der Waals surface area contributed by atoms with Crippen LogP contribution in [0.4, 0.5) is 0 Å². The lowest BCUT2D eigenvalue weighted by Crippen LogP contribution is -2.24. The fraction of sp³-hybridized carbons (Fsp3) is 0.115. The van der Waals surface area contributed by atoms with Gasteiger partial charge in [-0.05, 0) is 29.8 Å². The second-order valence-corrected chi connectivity index (χ2v) is 8.64. The molecule has 0 saturated heterocycles. The summed E-state index contributed by atoms with van der Waals surface area (Å²) >= 11 is 3.54. The van der Waals surface area contributed by atoms with Crippen LogP contribution in [0.25, 0.3) is 16.9 Å². The van der Waals surface area contributed by atoms with Crippen molar-refractivity contribution in [1.82, 2.24) is 14.8 Å². The van der Waals surface area contributed by atoms with Crippen molar-refractivity contribution in [2.24, 2.45) is 5.10 Å². The predicted octanol–water partition coefficient (Wildman–Crippen LogP) is 6.00. The smallest absolute Gasteiger partial charge is 0.240 e. The van der Waals surface area contributed by atoms with E-state index >= 15 is 0 Å². The van der Waals surface area contributed by atoms with E-state index in [9.17, 15) is 4.79 Å². The average Bonchev–Trinajstić information content (AvgIpc) is 3.45. The minimum atomic E-state index is -0.228. The minimum absolute atomic E-state index is 0.0912. The molecule has 0 N–H and O–H groups in total. The molecule has 1 atom stereocenters. The molecular weight excluding hydrogens is 464 g/mol. The third-order valence-corrected chi connectivity index (χ3v) is 6.05. The van der Waals surface area contributed by atoms with Crippen molar-refractivity contribution in [1.29, 1.82) is 0 Å². The number of hydrogen-bond acceptors (Lipinski definition) is 3. The third-order valence-electron chi connectivity index (χ3n) is 5.56. The Kier molecular flexibility index (Phi) is 5.45. The molecule has 5 nitrogen and oxygen atoms in total. The van der Waals surface area contributed by atoms with Gasteiger partial charge in [0.25, 0.3) is 0 Å². The van der Waals surface area contributed by atoms with Crippen LogP contribution in [0.1, 0.15) is 30.5 Å². The summed E-state index contributed by atoms with van der Waals surface area (Å²) in [5.41, 5.74) is 5.70. The van der Waals surface area contributed by atoms with Crippen LogP contribution >= 0.6 is 15.9 Å². The van der Waals surface area contributed by atoms with Crippen LogP contribution in [-0.4, -0.2) is 26.4 Å². The van der Waals surface area contributed by atoms with Gasteiger partial charge < -0.3 is 0 Å². The molecule has 32 heavy (non-hydrogen) atoms. The van der Waals surface area contributed by atoms with Crippen molar-refractivity contribution in [2.75, 3.05) is 0 Å². The number of halogens is 1. The first-order valence-electron chi connectivity index (χ1n) is 10.4. The van der Waals surface area contributed by atoms with Crippen LogP contribution in [-0.2, 0) is 4.79 Å². The largest absolute Gasteiger partial charge is 0.273 e. The van der Waals surface area contributed by atoms with E-state index in [-0.39, 0.29) is 11.9 Å². The molecule has 4 aromatic rings. The van der Waals surface area contributed by atoms with Gasteiger partial charge in [0.2, 0.25) is 5.91 Å². The van der Waals surface area contributed by atoms with E-state index in [4.69, 9.17) is 10.2 Å². The summed E-state index contributed by atoms with van der Waals surface area (Å²) in [6, 6.07) is 27.9. The van der Waals surface area contributed by atoms with Gasteiger partial charge in [-0.15, -0.1) is 0 Å². The Morgan fingerprint density at radius 2 is 1.62 bits per heavy atom. The molecule has 1 aromatic heterocycles. The number of carbonyl (C=O) groups excluding carboxylic acids is 1. The maximum absolute atomic E-state index is 12.6. The number of hydrogen-bond donors (Lipinski definition) is 0. The second kappa shape index (κ2) is 8.55. The topological polar surface area (TPSA) is 50.5 Å². The quantitative estimate of drug-likeness (QED) is 0.356.